The highest BCUT2D eigenvalue weighted by Gasteiger charge is 2.24. The fourth-order valence-corrected chi connectivity index (χ4v) is 10.0. The lowest BCUT2D eigenvalue weighted by Gasteiger charge is -2.18. The van der Waals surface area contributed by atoms with Gasteiger partial charge in [0.05, 0.1) is 39.1 Å². The molecule has 0 bridgehead atoms. The Balaban J connectivity index is 1.05. The zero-order chi connectivity index (χ0) is 46.4. The summed E-state index contributed by atoms with van der Waals surface area (Å²) in [7, 11) is 0. The summed E-state index contributed by atoms with van der Waals surface area (Å²) in [5.41, 5.74) is 21.1. The molecule has 10 aromatic carbocycles. The number of benzene rings is 10. The highest BCUT2D eigenvalue weighted by Crippen LogP contribution is 2.43. The molecule has 0 unspecified atom stereocenters. The van der Waals surface area contributed by atoms with Crippen LogP contribution < -0.4 is 0 Å². The van der Waals surface area contributed by atoms with E-state index in [1.54, 1.807) is 0 Å². The quantitative estimate of drug-likeness (QED) is 0.145. The first-order valence-corrected chi connectivity index (χ1v) is 23.7. The van der Waals surface area contributed by atoms with E-state index in [0.717, 1.165) is 117 Å². The third kappa shape index (κ3) is 7.25. The van der Waals surface area contributed by atoms with E-state index < -0.39 is 0 Å². The number of hydrogen-bond acceptors (Lipinski definition) is 3. The third-order valence-corrected chi connectivity index (χ3v) is 13.4. The van der Waals surface area contributed by atoms with Crippen molar-refractivity contribution in [3.8, 4) is 95.2 Å². The van der Waals surface area contributed by atoms with Gasteiger partial charge in [0.1, 0.15) is 0 Å². The molecule has 0 aliphatic rings. The maximum atomic E-state index is 5.55. The van der Waals surface area contributed by atoms with Crippen molar-refractivity contribution in [1.82, 2.24) is 23.9 Å². The lowest BCUT2D eigenvalue weighted by molar-refractivity contribution is 1.11. The molecule has 5 heteroatoms. The van der Waals surface area contributed by atoms with Crippen LogP contribution in [0, 0.1) is 0 Å². The van der Waals surface area contributed by atoms with Gasteiger partial charge in [0.15, 0.2) is 5.82 Å². The standard InChI is InChI=1S/C65H43N5/c1-7-20-44(21-8-1)50-36-39-60-62(41-50)69-61-42-51(35-38-57(61)68-65(69)70(60)63-54(45-22-9-2-10-23-45)32-19-33-55(63)46-24-11-3-12-25-46)53-37-34-52(40-56(53)47-26-13-4-14-27-47)64-66-58(48-28-15-5-16-29-48)43-59(67-64)49-30-17-6-18-31-49/h1-43H. The average molecular weight is 894 g/mol. The number of nitrogens with zero attached hydrogens (tertiary/aromatic N) is 5. The topological polar surface area (TPSA) is 48.0 Å². The van der Waals surface area contributed by atoms with Crippen molar-refractivity contribution in [3.63, 3.8) is 0 Å². The van der Waals surface area contributed by atoms with Gasteiger partial charge in [0.25, 0.3) is 0 Å². The number of imidazole rings is 2. The van der Waals surface area contributed by atoms with Gasteiger partial charge >= 0.3 is 0 Å². The van der Waals surface area contributed by atoms with Crippen LogP contribution >= 0.6 is 0 Å². The number of fused-ring (bicyclic) bond motifs is 5. The molecule has 0 amide bonds. The summed E-state index contributed by atoms with van der Waals surface area (Å²) in [6, 6.07) is 92.3. The van der Waals surface area contributed by atoms with Crippen LogP contribution in [0.15, 0.2) is 261 Å². The minimum absolute atomic E-state index is 0.671. The summed E-state index contributed by atoms with van der Waals surface area (Å²) in [6.45, 7) is 0. The molecule has 0 saturated carbocycles. The van der Waals surface area contributed by atoms with Gasteiger partial charge in [0.2, 0.25) is 5.78 Å². The molecule has 328 valence electrons. The average Bonchev–Trinajstić information content (AvgIpc) is 3.98. The van der Waals surface area contributed by atoms with Gasteiger partial charge in [-0.1, -0.05) is 224 Å². The largest absolute Gasteiger partial charge is 0.277 e. The Hall–Kier alpha value is -9.45. The van der Waals surface area contributed by atoms with Crippen LogP contribution in [-0.4, -0.2) is 23.9 Å². The highest BCUT2D eigenvalue weighted by atomic mass is 15.2. The third-order valence-electron chi connectivity index (χ3n) is 13.4. The molecule has 0 fully saturated rings. The van der Waals surface area contributed by atoms with Gasteiger partial charge in [-0.2, -0.15) is 0 Å². The molecule has 5 nitrogen and oxygen atoms in total. The number of hydrogen-bond donors (Lipinski definition) is 0. The second kappa shape index (κ2) is 17.3. The Kier molecular flexibility index (Phi) is 10.1. The van der Waals surface area contributed by atoms with E-state index in [1.807, 2.05) is 12.1 Å². The predicted octanol–water partition coefficient (Wildman–Crippen LogP) is 16.6. The highest BCUT2D eigenvalue weighted by molar-refractivity contribution is 5.99. The number of rotatable bonds is 9. The lowest BCUT2D eigenvalue weighted by atomic mass is 9.92. The summed E-state index contributed by atoms with van der Waals surface area (Å²) < 4.78 is 4.74. The summed E-state index contributed by atoms with van der Waals surface area (Å²) >= 11 is 0. The smallest absolute Gasteiger partial charge is 0.220 e. The Morgan fingerprint density at radius 1 is 0.257 bits per heavy atom. The number of para-hydroxylation sites is 1. The van der Waals surface area contributed by atoms with Crippen LogP contribution in [0.1, 0.15) is 0 Å². The SMILES string of the molecule is c1ccc(-c2ccc3c(c2)n2c4cc(-c5ccc(-c6nc(-c7ccccc7)cc(-c7ccccc7)n6)cc5-c5ccccc5)ccc4nc2n3-c2c(-c3ccccc3)cccc2-c2ccccc2)cc1. The summed E-state index contributed by atoms with van der Waals surface area (Å²) in [5.74, 6) is 1.51. The van der Waals surface area contributed by atoms with E-state index in [2.05, 4.69) is 258 Å². The fraction of sp³-hybridized carbons (Fsp3) is 0. The normalized spacial score (nSPS) is 11.4. The second-order valence-electron chi connectivity index (χ2n) is 17.6. The van der Waals surface area contributed by atoms with Gasteiger partial charge in [0, 0.05) is 27.8 Å². The zero-order valence-electron chi connectivity index (χ0n) is 38.1. The van der Waals surface area contributed by atoms with Crippen LogP contribution in [0.4, 0.5) is 0 Å². The van der Waals surface area contributed by atoms with Crippen molar-refractivity contribution in [3.05, 3.63) is 261 Å². The summed E-state index contributed by atoms with van der Waals surface area (Å²) in [6.07, 6.45) is 0. The van der Waals surface area contributed by atoms with Gasteiger partial charge < -0.3 is 0 Å². The maximum Gasteiger partial charge on any atom is 0.220 e. The molecule has 0 saturated heterocycles. The molecule has 0 N–H and O–H groups in total. The van der Waals surface area contributed by atoms with Crippen LogP contribution in [0.25, 0.3) is 123 Å². The molecular formula is C65H43N5. The summed E-state index contributed by atoms with van der Waals surface area (Å²) in [4.78, 5) is 16.0. The second-order valence-corrected chi connectivity index (χ2v) is 17.6. The van der Waals surface area contributed by atoms with E-state index >= 15 is 0 Å². The monoisotopic (exact) mass is 893 g/mol. The first-order valence-electron chi connectivity index (χ1n) is 23.7. The van der Waals surface area contributed by atoms with Gasteiger partial charge in [-0.3, -0.25) is 8.97 Å². The van der Waals surface area contributed by atoms with E-state index in [1.165, 1.54) is 0 Å². The number of aromatic nitrogens is 5. The molecule has 70 heavy (non-hydrogen) atoms. The van der Waals surface area contributed by atoms with Crippen molar-refractivity contribution in [2.45, 2.75) is 0 Å². The first-order chi connectivity index (χ1) is 34.7. The van der Waals surface area contributed by atoms with Crippen molar-refractivity contribution >= 4 is 27.8 Å². The van der Waals surface area contributed by atoms with Crippen LogP contribution in [0.5, 0.6) is 0 Å². The van der Waals surface area contributed by atoms with E-state index in [-0.39, 0.29) is 0 Å². The van der Waals surface area contributed by atoms with Crippen LogP contribution in [0.3, 0.4) is 0 Å². The van der Waals surface area contributed by atoms with E-state index in [0.29, 0.717) is 5.82 Å². The van der Waals surface area contributed by atoms with Crippen molar-refractivity contribution < 1.29 is 0 Å². The first kappa shape index (κ1) is 40.8. The zero-order valence-corrected chi connectivity index (χ0v) is 38.1. The molecule has 0 spiro atoms. The van der Waals surface area contributed by atoms with Gasteiger partial charge in [-0.05, 0) is 80.9 Å². The van der Waals surface area contributed by atoms with E-state index in [9.17, 15) is 0 Å². The molecule has 13 aromatic rings. The minimum atomic E-state index is 0.671. The lowest BCUT2D eigenvalue weighted by Crippen LogP contribution is -2.01. The van der Waals surface area contributed by atoms with Crippen molar-refractivity contribution in [2.24, 2.45) is 0 Å². The van der Waals surface area contributed by atoms with Gasteiger partial charge in [-0.25, -0.2) is 15.0 Å². The Bertz CT molecular complexity index is 3900. The molecule has 0 aliphatic carbocycles. The maximum absolute atomic E-state index is 5.55. The fourth-order valence-electron chi connectivity index (χ4n) is 10.0. The molecule has 0 aliphatic heterocycles. The van der Waals surface area contributed by atoms with Gasteiger partial charge in [-0.15, -0.1) is 0 Å². The van der Waals surface area contributed by atoms with Crippen molar-refractivity contribution in [2.75, 3.05) is 0 Å². The Morgan fingerprint density at radius 2 is 0.729 bits per heavy atom. The van der Waals surface area contributed by atoms with Crippen LogP contribution in [-0.2, 0) is 0 Å². The summed E-state index contributed by atoms with van der Waals surface area (Å²) in [5, 5.41) is 0. The van der Waals surface area contributed by atoms with Crippen LogP contribution in [0.2, 0.25) is 0 Å². The Morgan fingerprint density at radius 3 is 1.29 bits per heavy atom. The molecule has 0 atom stereocenters. The molecule has 3 heterocycles. The molecular weight excluding hydrogens is 851 g/mol. The molecule has 13 rings (SSSR count). The molecule has 0 radical (unpaired) electrons. The predicted molar refractivity (Wildman–Crippen MR) is 289 cm³/mol. The minimum Gasteiger partial charge on any atom is -0.277 e. The van der Waals surface area contributed by atoms with E-state index in [4.69, 9.17) is 15.0 Å². The van der Waals surface area contributed by atoms with Crippen molar-refractivity contribution in [1.29, 1.82) is 0 Å². The molecule has 3 aromatic heterocycles. The Labute approximate surface area is 406 Å².